The van der Waals surface area contributed by atoms with E-state index in [0.717, 1.165) is 37.3 Å². The number of rotatable bonds is 4. The molecule has 3 rings (SSSR count). The molecule has 4 heteroatoms. The molecule has 0 bridgehead atoms. The number of hydrogen-bond acceptors (Lipinski definition) is 2. The zero-order valence-corrected chi connectivity index (χ0v) is 12.4. The molecule has 0 fully saturated rings. The van der Waals surface area contributed by atoms with Gasteiger partial charge in [0.25, 0.3) is 0 Å². The lowest BCUT2D eigenvalue weighted by Crippen LogP contribution is -2.34. The van der Waals surface area contributed by atoms with E-state index >= 15 is 0 Å². The largest absolute Gasteiger partial charge is 0.356 e. The van der Waals surface area contributed by atoms with Crippen molar-refractivity contribution in [3.8, 4) is 0 Å². The number of aryl methyl sites for hydroxylation is 2. The van der Waals surface area contributed by atoms with Crippen molar-refractivity contribution in [3.05, 3.63) is 53.6 Å². The Morgan fingerprint density at radius 1 is 1.43 bits per heavy atom. The van der Waals surface area contributed by atoms with Crippen LogP contribution in [0.1, 0.15) is 23.4 Å². The summed E-state index contributed by atoms with van der Waals surface area (Å²) in [6.45, 7) is 3.80. The maximum Gasteiger partial charge on any atom is 0.224 e. The highest BCUT2D eigenvalue weighted by molar-refractivity contribution is 5.78. The first-order valence-electron chi connectivity index (χ1n) is 7.53. The molecular weight excluding hydrogens is 262 g/mol. The van der Waals surface area contributed by atoms with Crippen molar-refractivity contribution in [2.24, 2.45) is 5.92 Å². The summed E-state index contributed by atoms with van der Waals surface area (Å²) in [6.07, 6.45) is 6.41. The molecule has 0 saturated heterocycles. The summed E-state index contributed by atoms with van der Waals surface area (Å²) < 4.78 is 2.20. The van der Waals surface area contributed by atoms with Gasteiger partial charge in [0.05, 0.1) is 6.42 Å². The highest BCUT2D eigenvalue weighted by Crippen LogP contribution is 2.18. The minimum atomic E-state index is 0.109. The Morgan fingerprint density at radius 3 is 3.14 bits per heavy atom. The predicted octanol–water partition coefficient (Wildman–Crippen LogP) is 2.11. The minimum absolute atomic E-state index is 0.109. The van der Waals surface area contributed by atoms with Gasteiger partial charge in [-0.05, 0) is 30.4 Å². The lowest BCUT2D eigenvalue weighted by Gasteiger charge is -2.23. The van der Waals surface area contributed by atoms with E-state index in [1.54, 1.807) is 0 Å². The average Bonchev–Trinajstić information content (AvgIpc) is 2.95. The summed E-state index contributed by atoms with van der Waals surface area (Å²) >= 11 is 0. The van der Waals surface area contributed by atoms with E-state index in [1.165, 1.54) is 5.56 Å². The second-order valence-corrected chi connectivity index (χ2v) is 5.80. The van der Waals surface area contributed by atoms with Crippen LogP contribution in [0.2, 0.25) is 0 Å². The summed E-state index contributed by atoms with van der Waals surface area (Å²) in [7, 11) is 0. The number of benzene rings is 1. The van der Waals surface area contributed by atoms with Crippen molar-refractivity contribution in [2.75, 3.05) is 6.54 Å². The fraction of sp³-hybridized carbons (Fsp3) is 0.412. The van der Waals surface area contributed by atoms with Gasteiger partial charge >= 0.3 is 0 Å². The van der Waals surface area contributed by atoms with Crippen molar-refractivity contribution in [3.63, 3.8) is 0 Å². The van der Waals surface area contributed by atoms with Crippen molar-refractivity contribution < 1.29 is 4.79 Å². The fourth-order valence-corrected chi connectivity index (χ4v) is 2.89. The Labute approximate surface area is 125 Å². The van der Waals surface area contributed by atoms with Gasteiger partial charge in [-0.3, -0.25) is 4.79 Å². The van der Waals surface area contributed by atoms with Gasteiger partial charge in [0.15, 0.2) is 0 Å². The molecule has 2 aromatic rings. The first-order chi connectivity index (χ1) is 10.2. The van der Waals surface area contributed by atoms with Crippen LogP contribution in [-0.4, -0.2) is 22.0 Å². The standard InChI is InChI=1S/C17H21N3O/c1-13-4-2-3-5-15(13)11-17(21)19-12-14-6-8-20-9-7-18-16(20)10-14/h2-5,7,9,14H,6,8,10-12H2,1H3,(H,19,21)/t14-/m0/s1. The molecule has 110 valence electrons. The minimum Gasteiger partial charge on any atom is -0.356 e. The van der Waals surface area contributed by atoms with Crippen LogP contribution in [0.25, 0.3) is 0 Å². The molecule has 0 unspecified atom stereocenters. The zero-order chi connectivity index (χ0) is 14.7. The van der Waals surface area contributed by atoms with E-state index < -0.39 is 0 Å². The molecule has 1 aromatic heterocycles. The van der Waals surface area contributed by atoms with Crippen LogP contribution in [0.3, 0.4) is 0 Å². The number of amides is 1. The molecule has 0 aliphatic carbocycles. The molecule has 0 radical (unpaired) electrons. The zero-order valence-electron chi connectivity index (χ0n) is 12.4. The Kier molecular flexibility index (Phi) is 4.04. The van der Waals surface area contributed by atoms with Crippen molar-refractivity contribution in [2.45, 2.75) is 32.7 Å². The fourth-order valence-electron chi connectivity index (χ4n) is 2.89. The molecule has 21 heavy (non-hydrogen) atoms. The van der Waals surface area contributed by atoms with Crippen LogP contribution < -0.4 is 5.32 Å². The molecule has 2 heterocycles. The number of hydrogen-bond donors (Lipinski definition) is 1. The third-order valence-electron chi connectivity index (χ3n) is 4.25. The molecule has 1 aliphatic rings. The Balaban J connectivity index is 1.50. The molecule has 0 saturated carbocycles. The molecule has 1 amide bonds. The lowest BCUT2D eigenvalue weighted by atomic mass is 9.97. The number of aromatic nitrogens is 2. The van der Waals surface area contributed by atoms with Crippen LogP contribution in [0.4, 0.5) is 0 Å². The highest BCUT2D eigenvalue weighted by atomic mass is 16.1. The van der Waals surface area contributed by atoms with Gasteiger partial charge in [0.1, 0.15) is 5.82 Å². The number of carbonyl (C=O) groups is 1. The summed E-state index contributed by atoms with van der Waals surface area (Å²) in [6, 6.07) is 8.05. The maximum atomic E-state index is 12.1. The van der Waals surface area contributed by atoms with Crippen LogP contribution in [-0.2, 0) is 24.2 Å². The van der Waals surface area contributed by atoms with Gasteiger partial charge in [0, 0.05) is 31.9 Å². The van der Waals surface area contributed by atoms with Gasteiger partial charge < -0.3 is 9.88 Å². The summed E-state index contributed by atoms with van der Waals surface area (Å²) in [5.74, 6) is 1.75. The number of nitrogens with zero attached hydrogens (tertiary/aromatic N) is 2. The molecule has 4 nitrogen and oxygen atoms in total. The second-order valence-electron chi connectivity index (χ2n) is 5.80. The van der Waals surface area contributed by atoms with E-state index in [4.69, 9.17) is 0 Å². The van der Waals surface area contributed by atoms with Gasteiger partial charge in [-0.25, -0.2) is 4.98 Å². The van der Waals surface area contributed by atoms with E-state index in [9.17, 15) is 4.79 Å². The van der Waals surface area contributed by atoms with Gasteiger partial charge in [-0.15, -0.1) is 0 Å². The van der Waals surface area contributed by atoms with Gasteiger partial charge in [-0.2, -0.15) is 0 Å². The number of fused-ring (bicyclic) bond motifs is 1. The number of imidazole rings is 1. The predicted molar refractivity (Wildman–Crippen MR) is 81.9 cm³/mol. The summed E-state index contributed by atoms with van der Waals surface area (Å²) in [5.41, 5.74) is 2.28. The van der Waals surface area contributed by atoms with E-state index in [0.29, 0.717) is 12.3 Å². The molecular formula is C17H21N3O. The summed E-state index contributed by atoms with van der Waals surface area (Å²) in [4.78, 5) is 16.4. The first-order valence-corrected chi connectivity index (χ1v) is 7.53. The molecule has 1 aliphatic heterocycles. The Hall–Kier alpha value is -2.10. The van der Waals surface area contributed by atoms with Crippen LogP contribution in [0.5, 0.6) is 0 Å². The van der Waals surface area contributed by atoms with Crippen molar-refractivity contribution in [1.82, 2.24) is 14.9 Å². The number of carbonyl (C=O) groups excluding carboxylic acids is 1. The third kappa shape index (κ3) is 3.32. The van der Waals surface area contributed by atoms with Gasteiger partial charge in [0.2, 0.25) is 5.91 Å². The van der Waals surface area contributed by atoms with Crippen LogP contribution >= 0.6 is 0 Å². The second kappa shape index (κ2) is 6.12. The maximum absolute atomic E-state index is 12.1. The average molecular weight is 283 g/mol. The quantitative estimate of drug-likeness (QED) is 0.934. The normalized spacial score (nSPS) is 17.3. The van der Waals surface area contributed by atoms with Crippen LogP contribution in [0.15, 0.2) is 36.7 Å². The molecule has 0 spiro atoms. The SMILES string of the molecule is Cc1ccccc1CC(=O)NC[C@H]1CCn2ccnc2C1. The summed E-state index contributed by atoms with van der Waals surface area (Å²) in [5, 5.41) is 3.08. The highest BCUT2D eigenvalue weighted by Gasteiger charge is 2.19. The number of nitrogens with one attached hydrogen (secondary N) is 1. The lowest BCUT2D eigenvalue weighted by molar-refractivity contribution is -0.120. The molecule has 1 N–H and O–H groups in total. The topological polar surface area (TPSA) is 46.9 Å². The molecule has 1 aromatic carbocycles. The smallest absolute Gasteiger partial charge is 0.224 e. The van der Waals surface area contributed by atoms with Gasteiger partial charge in [-0.1, -0.05) is 24.3 Å². The third-order valence-corrected chi connectivity index (χ3v) is 4.25. The van der Waals surface area contributed by atoms with E-state index in [1.807, 2.05) is 43.6 Å². The van der Waals surface area contributed by atoms with Crippen LogP contribution in [0, 0.1) is 12.8 Å². The molecule has 1 atom stereocenters. The van der Waals surface area contributed by atoms with Crippen molar-refractivity contribution in [1.29, 1.82) is 0 Å². The van der Waals surface area contributed by atoms with E-state index in [-0.39, 0.29) is 5.91 Å². The Morgan fingerprint density at radius 2 is 2.29 bits per heavy atom. The first kappa shape index (κ1) is 13.9. The van der Waals surface area contributed by atoms with E-state index in [2.05, 4.69) is 14.9 Å². The van der Waals surface area contributed by atoms with Crippen molar-refractivity contribution >= 4 is 5.91 Å². The monoisotopic (exact) mass is 283 g/mol. The Bertz CT molecular complexity index is 632.